The minimum Gasteiger partial charge on any atom is -0.372 e. The van der Waals surface area contributed by atoms with Gasteiger partial charge in [-0.2, -0.15) is 5.10 Å². The molecule has 24 heavy (non-hydrogen) atoms. The predicted octanol–water partition coefficient (Wildman–Crippen LogP) is 1.00. The first kappa shape index (κ1) is 16.4. The number of ether oxygens (including phenoxy) is 1. The van der Waals surface area contributed by atoms with E-state index in [4.69, 9.17) is 4.74 Å². The first-order chi connectivity index (χ1) is 11.6. The first-order valence-corrected chi connectivity index (χ1v) is 7.98. The molecule has 0 radical (unpaired) electrons. The van der Waals surface area contributed by atoms with E-state index in [1.807, 2.05) is 18.7 Å². The van der Waals surface area contributed by atoms with Gasteiger partial charge in [-0.05, 0) is 13.8 Å². The Bertz CT molecular complexity index is 710. The largest absolute Gasteiger partial charge is 0.372 e. The quantitative estimate of drug-likeness (QED) is 0.868. The third-order valence-corrected chi connectivity index (χ3v) is 4.30. The molecule has 1 amide bonds. The molecule has 0 aromatic carbocycles. The summed E-state index contributed by atoms with van der Waals surface area (Å²) in [4.78, 5) is 23.1. The Morgan fingerprint density at radius 2 is 2.21 bits per heavy atom. The summed E-state index contributed by atoms with van der Waals surface area (Å²) in [6, 6.07) is 0. The summed E-state index contributed by atoms with van der Waals surface area (Å²) >= 11 is 0. The normalized spacial score (nSPS) is 17.8. The van der Waals surface area contributed by atoms with Crippen LogP contribution in [0, 0.1) is 13.8 Å². The minimum atomic E-state index is -0.273. The number of H-pyrrole nitrogens is 1. The second-order valence-electron chi connectivity index (χ2n) is 5.83. The number of amides is 1. The fraction of sp³-hybridized carbons (Fsp3) is 0.500. The van der Waals surface area contributed by atoms with Crippen LogP contribution in [0.3, 0.4) is 0 Å². The van der Waals surface area contributed by atoms with Crippen molar-refractivity contribution >= 4 is 11.7 Å². The van der Waals surface area contributed by atoms with Crippen molar-refractivity contribution in [1.29, 1.82) is 0 Å². The third-order valence-electron chi connectivity index (χ3n) is 4.30. The van der Waals surface area contributed by atoms with Gasteiger partial charge in [0.25, 0.3) is 0 Å². The van der Waals surface area contributed by atoms with Crippen molar-refractivity contribution in [3.05, 3.63) is 35.0 Å². The Labute approximate surface area is 140 Å². The molecular weight excluding hydrogens is 308 g/mol. The van der Waals surface area contributed by atoms with Crippen LogP contribution in [0.5, 0.6) is 0 Å². The fourth-order valence-electron chi connectivity index (χ4n) is 2.92. The van der Waals surface area contributed by atoms with E-state index >= 15 is 0 Å². The highest BCUT2D eigenvalue weighted by Crippen LogP contribution is 2.25. The van der Waals surface area contributed by atoms with Crippen LogP contribution in [-0.4, -0.2) is 57.7 Å². The van der Waals surface area contributed by atoms with Gasteiger partial charge in [-0.1, -0.05) is 0 Å². The number of anilines is 1. The van der Waals surface area contributed by atoms with Gasteiger partial charge in [-0.3, -0.25) is 14.9 Å². The molecule has 1 aliphatic rings. The molecule has 1 aliphatic heterocycles. The predicted molar refractivity (Wildman–Crippen MR) is 88.6 cm³/mol. The lowest BCUT2D eigenvalue weighted by molar-refractivity contribution is -0.138. The van der Waals surface area contributed by atoms with Crippen molar-refractivity contribution in [2.45, 2.75) is 26.4 Å². The summed E-state index contributed by atoms with van der Waals surface area (Å²) < 4.78 is 5.81. The standard InChI is InChI=1S/C16H22N6O2/c1-10-12(11(2)21-20-10)8-14(23)22-6-7-24-13(9-22)15-16(17-3)19-5-4-18-15/h4-5,13H,6-9H2,1-3H3,(H,17,19)(H,20,21)/t13-/m1/s1. The molecule has 0 unspecified atom stereocenters. The molecule has 2 N–H and O–H groups in total. The van der Waals surface area contributed by atoms with Crippen LogP contribution in [-0.2, 0) is 16.0 Å². The van der Waals surface area contributed by atoms with Gasteiger partial charge in [-0.25, -0.2) is 4.98 Å². The van der Waals surface area contributed by atoms with Gasteiger partial charge in [0.1, 0.15) is 17.6 Å². The summed E-state index contributed by atoms with van der Waals surface area (Å²) in [5.74, 6) is 0.754. The van der Waals surface area contributed by atoms with E-state index in [0.29, 0.717) is 31.9 Å². The second kappa shape index (κ2) is 6.96. The van der Waals surface area contributed by atoms with E-state index in [1.165, 1.54) is 0 Å². The van der Waals surface area contributed by atoms with Crippen molar-refractivity contribution in [3.8, 4) is 0 Å². The van der Waals surface area contributed by atoms with E-state index in [0.717, 1.165) is 22.6 Å². The van der Waals surface area contributed by atoms with Crippen LogP contribution in [0.4, 0.5) is 5.82 Å². The summed E-state index contributed by atoms with van der Waals surface area (Å²) in [6.07, 6.45) is 3.34. The number of morpholine rings is 1. The Morgan fingerprint density at radius 1 is 1.42 bits per heavy atom. The van der Waals surface area contributed by atoms with Crippen molar-refractivity contribution in [1.82, 2.24) is 25.1 Å². The lowest BCUT2D eigenvalue weighted by Crippen LogP contribution is -2.43. The van der Waals surface area contributed by atoms with Crippen LogP contribution in [0.15, 0.2) is 12.4 Å². The average molecular weight is 330 g/mol. The van der Waals surface area contributed by atoms with Gasteiger partial charge in [0.2, 0.25) is 5.91 Å². The third kappa shape index (κ3) is 3.23. The Balaban J connectivity index is 1.72. The van der Waals surface area contributed by atoms with Crippen molar-refractivity contribution in [2.75, 3.05) is 32.1 Å². The summed E-state index contributed by atoms with van der Waals surface area (Å²) in [7, 11) is 1.80. The zero-order valence-corrected chi connectivity index (χ0v) is 14.2. The molecule has 0 bridgehead atoms. The highest BCUT2D eigenvalue weighted by atomic mass is 16.5. The fourth-order valence-corrected chi connectivity index (χ4v) is 2.92. The van der Waals surface area contributed by atoms with Gasteiger partial charge in [-0.15, -0.1) is 0 Å². The van der Waals surface area contributed by atoms with Crippen LogP contribution < -0.4 is 5.32 Å². The average Bonchev–Trinajstić information content (AvgIpc) is 2.93. The molecule has 3 heterocycles. The number of aromatic amines is 1. The molecule has 1 atom stereocenters. The van der Waals surface area contributed by atoms with Crippen LogP contribution in [0.2, 0.25) is 0 Å². The van der Waals surface area contributed by atoms with Crippen molar-refractivity contribution < 1.29 is 9.53 Å². The smallest absolute Gasteiger partial charge is 0.227 e. The second-order valence-corrected chi connectivity index (χ2v) is 5.83. The molecule has 3 rings (SSSR count). The molecule has 2 aromatic rings. The number of nitrogens with zero attached hydrogens (tertiary/aromatic N) is 4. The minimum absolute atomic E-state index is 0.0748. The summed E-state index contributed by atoms with van der Waals surface area (Å²) in [5, 5.41) is 10.1. The van der Waals surface area contributed by atoms with Gasteiger partial charge in [0.15, 0.2) is 0 Å². The van der Waals surface area contributed by atoms with Gasteiger partial charge >= 0.3 is 0 Å². The van der Waals surface area contributed by atoms with Gasteiger partial charge in [0.05, 0.1) is 25.3 Å². The van der Waals surface area contributed by atoms with Gasteiger partial charge in [0, 0.05) is 37.2 Å². The molecule has 8 nitrogen and oxygen atoms in total. The Kier molecular flexibility index (Phi) is 4.75. The maximum Gasteiger partial charge on any atom is 0.227 e. The Morgan fingerprint density at radius 3 is 2.92 bits per heavy atom. The number of aryl methyl sites for hydroxylation is 2. The van der Waals surface area contributed by atoms with Crippen LogP contribution in [0.1, 0.15) is 28.7 Å². The van der Waals surface area contributed by atoms with Crippen molar-refractivity contribution in [3.63, 3.8) is 0 Å². The molecule has 0 saturated carbocycles. The number of rotatable bonds is 4. The first-order valence-electron chi connectivity index (χ1n) is 7.98. The molecule has 1 saturated heterocycles. The topological polar surface area (TPSA) is 96.0 Å². The molecule has 2 aromatic heterocycles. The lowest BCUT2D eigenvalue weighted by atomic mass is 10.1. The number of carbonyl (C=O) groups excluding carboxylic acids is 1. The highest BCUT2D eigenvalue weighted by molar-refractivity contribution is 5.79. The van der Waals surface area contributed by atoms with E-state index in [2.05, 4.69) is 25.5 Å². The number of hydrogen-bond donors (Lipinski definition) is 2. The molecule has 0 spiro atoms. The highest BCUT2D eigenvalue weighted by Gasteiger charge is 2.28. The molecule has 0 aliphatic carbocycles. The van der Waals surface area contributed by atoms with E-state index in [9.17, 15) is 4.79 Å². The number of nitrogens with one attached hydrogen (secondary N) is 2. The van der Waals surface area contributed by atoms with E-state index in [-0.39, 0.29) is 12.0 Å². The summed E-state index contributed by atoms with van der Waals surface area (Å²) in [6.45, 7) is 5.39. The SMILES string of the molecule is CNc1nccnc1[C@H]1CN(C(=O)Cc2c(C)n[nH]c2C)CCO1. The molecule has 128 valence electrons. The maximum atomic E-state index is 12.7. The maximum absolute atomic E-state index is 12.7. The van der Waals surface area contributed by atoms with E-state index < -0.39 is 0 Å². The molecule has 8 heteroatoms. The lowest BCUT2D eigenvalue weighted by Gasteiger charge is -2.33. The summed E-state index contributed by atoms with van der Waals surface area (Å²) in [5.41, 5.74) is 3.51. The van der Waals surface area contributed by atoms with Crippen LogP contribution in [0.25, 0.3) is 0 Å². The number of carbonyl (C=O) groups is 1. The zero-order valence-electron chi connectivity index (χ0n) is 14.2. The van der Waals surface area contributed by atoms with E-state index in [1.54, 1.807) is 19.4 Å². The molecule has 1 fully saturated rings. The van der Waals surface area contributed by atoms with Crippen molar-refractivity contribution in [2.24, 2.45) is 0 Å². The molecular formula is C16H22N6O2. The van der Waals surface area contributed by atoms with Gasteiger partial charge < -0.3 is 15.0 Å². The monoisotopic (exact) mass is 330 g/mol. The Hall–Kier alpha value is -2.48. The zero-order chi connectivity index (χ0) is 17.1. The van der Waals surface area contributed by atoms with Crippen LogP contribution >= 0.6 is 0 Å². The number of hydrogen-bond acceptors (Lipinski definition) is 6. The number of aromatic nitrogens is 4.